The lowest BCUT2D eigenvalue weighted by atomic mass is 9.97. The first-order valence-corrected chi connectivity index (χ1v) is 6.83. The highest BCUT2D eigenvalue weighted by Crippen LogP contribution is 2.31. The predicted molar refractivity (Wildman–Crippen MR) is 84.6 cm³/mol. The van der Waals surface area contributed by atoms with Gasteiger partial charge in [-0.1, -0.05) is 65.7 Å². The highest BCUT2D eigenvalue weighted by molar-refractivity contribution is 5.81. The minimum atomic E-state index is 1.04. The Morgan fingerprint density at radius 2 is 1.40 bits per heavy atom. The quantitative estimate of drug-likeness (QED) is 0.628. The van der Waals surface area contributed by atoms with E-state index in [2.05, 4.69) is 67.4 Å². The van der Waals surface area contributed by atoms with Crippen molar-refractivity contribution in [3.63, 3.8) is 0 Å². The molecule has 0 aliphatic heterocycles. The van der Waals surface area contributed by atoms with E-state index < -0.39 is 0 Å². The molecule has 3 aromatic rings. The van der Waals surface area contributed by atoms with Crippen LogP contribution >= 0.6 is 0 Å². The molecule has 0 spiro atoms. The summed E-state index contributed by atoms with van der Waals surface area (Å²) >= 11 is 0. The fourth-order valence-corrected chi connectivity index (χ4v) is 2.59. The van der Waals surface area contributed by atoms with Crippen molar-refractivity contribution in [2.75, 3.05) is 0 Å². The van der Waals surface area contributed by atoms with Crippen LogP contribution in [0.25, 0.3) is 22.4 Å². The maximum Gasteiger partial charge on any atom is 0.0780 e. The molecule has 1 nitrogen and oxygen atoms in total. The van der Waals surface area contributed by atoms with Crippen molar-refractivity contribution in [1.82, 2.24) is 4.98 Å². The van der Waals surface area contributed by atoms with Gasteiger partial charge in [0.05, 0.1) is 5.69 Å². The summed E-state index contributed by atoms with van der Waals surface area (Å²) in [5.41, 5.74) is 7.17. The standard InChI is InChI=1S/C19H17N/c1-14-11-15(2)13-17(12-14)18-9-6-10-20-19(18)16-7-4-3-5-8-16/h3-13H,1-2H3. The van der Waals surface area contributed by atoms with Crippen LogP contribution < -0.4 is 0 Å². The van der Waals surface area contributed by atoms with Crippen molar-refractivity contribution in [2.24, 2.45) is 0 Å². The zero-order valence-corrected chi connectivity index (χ0v) is 11.8. The van der Waals surface area contributed by atoms with Gasteiger partial charge in [-0.25, -0.2) is 0 Å². The number of aromatic nitrogens is 1. The minimum absolute atomic E-state index is 1.04. The van der Waals surface area contributed by atoms with Gasteiger partial charge >= 0.3 is 0 Å². The monoisotopic (exact) mass is 259 g/mol. The van der Waals surface area contributed by atoms with Gasteiger partial charge in [0.15, 0.2) is 0 Å². The summed E-state index contributed by atoms with van der Waals surface area (Å²) in [7, 11) is 0. The third-order valence-electron chi connectivity index (χ3n) is 3.39. The van der Waals surface area contributed by atoms with Crippen molar-refractivity contribution in [1.29, 1.82) is 0 Å². The normalized spacial score (nSPS) is 10.5. The molecule has 0 amide bonds. The summed E-state index contributed by atoms with van der Waals surface area (Å²) in [5, 5.41) is 0. The van der Waals surface area contributed by atoms with E-state index in [1.165, 1.54) is 22.3 Å². The first-order chi connectivity index (χ1) is 9.74. The van der Waals surface area contributed by atoms with E-state index in [1.807, 2.05) is 18.3 Å². The molecule has 3 rings (SSSR count). The van der Waals surface area contributed by atoms with Crippen molar-refractivity contribution >= 4 is 0 Å². The van der Waals surface area contributed by atoms with Crippen molar-refractivity contribution in [3.05, 3.63) is 78.0 Å². The van der Waals surface area contributed by atoms with E-state index in [9.17, 15) is 0 Å². The van der Waals surface area contributed by atoms with Gasteiger partial charge < -0.3 is 0 Å². The Bertz CT molecular complexity index is 710. The van der Waals surface area contributed by atoms with Gasteiger partial charge in [0.2, 0.25) is 0 Å². The van der Waals surface area contributed by atoms with E-state index in [0.717, 1.165) is 11.3 Å². The zero-order chi connectivity index (χ0) is 13.9. The molecule has 0 radical (unpaired) electrons. The number of pyridine rings is 1. The number of hydrogen-bond acceptors (Lipinski definition) is 1. The number of nitrogens with zero attached hydrogens (tertiary/aromatic N) is 1. The fraction of sp³-hybridized carbons (Fsp3) is 0.105. The highest BCUT2D eigenvalue weighted by Gasteiger charge is 2.08. The van der Waals surface area contributed by atoms with Gasteiger partial charge in [0.25, 0.3) is 0 Å². The second-order valence-electron chi connectivity index (χ2n) is 5.14. The Kier molecular flexibility index (Phi) is 3.34. The smallest absolute Gasteiger partial charge is 0.0780 e. The van der Waals surface area contributed by atoms with Gasteiger partial charge in [0.1, 0.15) is 0 Å². The summed E-state index contributed by atoms with van der Waals surface area (Å²) in [4.78, 5) is 4.58. The summed E-state index contributed by atoms with van der Waals surface area (Å²) in [6.07, 6.45) is 1.86. The first-order valence-electron chi connectivity index (χ1n) is 6.83. The molecule has 0 unspecified atom stereocenters. The highest BCUT2D eigenvalue weighted by atomic mass is 14.7. The maximum absolute atomic E-state index is 4.58. The molecule has 1 heteroatoms. The molecule has 0 aliphatic carbocycles. The lowest BCUT2D eigenvalue weighted by Gasteiger charge is -2.10. The summed E-state index contributed by atoms with van der Waals surface area (Å²) in [6.45, 7) is 4.27. The minimum Gasteiger partial charge on any atom is -0.256 e. The summed E-state index contributed by atoms with van der Waals surface area (Å²) in [5.74, 6) is 0. The van der Waals surface area contributed by atoms with E-state index in [4.69, 9.17) is 0 Å². The number of rotatable bonds is 2. The molecule has 0 bridgehead atoms. The second kappa shape index (κ2) is 5.30. The number of benzene rings is 2. The average molecular weight is 259 g/mol. The predicted octanol–water partition coefficient (Wildman–Crippen LogP) is 5.03. The van der Waals surface area contributed by atoms with Gasteiger partial charge in [-0.05, 0) is 25.5 Å². The number of aryl methyl sites for hydroxylation is 2. The van der Waals surface area contributed by atoms with Crippen LogP contribution in [0.1, 0.15) is 11.1 Å². The van der Waals surface area contributed by atoms with Gasteiger partial charge in [-0.3, -0.25) is 4.98 Å². The zero-order valence-electron chi connectivity index (χ0n) is 11.8. The van der Waals surface area contributed by atoms with Crippen LogP contribution in [0.15, 0.2) is 66.9 Å². The Labute approximate surface area is 119 Å². The fourth-order valence-electron chi connectivity index (χ4n) is 2.59. The lowest BCUT2D eigenvalue weighted by molar-refractivity contribution is 1.31. The van der Waals surface area contributed by atoms with Crippen LogP contribution in [0.2, 0.25) is 0 Å². The number of hydrogen-bond donors (Lipinski definition) is 0. The van der Waals surface area contributed by atoms with Crippen molar-refractivity contribution in [3.8, 4) is 22.4 Å². The molecule has 0 saturated carbocycles. The summed E-state index contributed by atoms with van der Waals surface area (Å²) < 4.78 is 0. The van der Waals surface area contributed by atoms with Crippen LogP contribution in [-0.2, 0) is 0 Å². The van der Waals surface area contributed by atoms with Gasteiger partial charge in [0, 0.05) is 17.3 Å². The van der Waals surface area contributed by atoms with Gasteiger partial charge in [-0.2, -0.15) is 0 Å². The molecule has 1 heterocycles. The Morgan fingerprint density at radius 3 is 2.10 bits per heavy atom. The van der Waals surface area contributed by atoms with Crippen LogP contribution in [0.5, 0.6) is 0 Å². The van der Waals surface area contributed by atoms with E-state index in [1.54, 1.807) is 0 Å². The topological polar surface area (TPSA) is 12.9 Å². The molecule has 0 saturated heterocycles. The molecule has 1 aromatic heterocycles. The first kappa shape index (κ1) is 12.6. The Hall–Kier alpha value is -2.41. The van der Waals surface area contributed by atoms with Crippen molar-refractivity contribution in [2.45, 2.75) is 13.8 Å². The van der Waals surface area contributed by atoms with E-state index in [-0.39, 0.29) is 0 Å². The largest absolute Gasteiger partial charge is 0.256 e. The molecule has 0 aliphatic rings. The third kappa shape index (κ3) is 2.48. The SMILES string of the molecule is Cc1cc(C)cc(-c2cccnc2-c2ccccc2)c1. The molecule has 20 heavy (non-hydrogen) atoms. The Balaban J connectivity index is 2.20. The Morgan fingerprint density at radius 1 is 0.700 bits per heavy atom. The van der Waals surface area contributed by atoms with E-state index >= 15 is 0 Å². The average Bonchev–Trinajstić information content (AvgIpc) is 2.47. The summed E-state index contributed by atoms with van der Waals surface area (Å²) in [6, 6.07) is 21.1. The molecule has 0 fully saturated rings. The van der Waals surface area contributed by atoms with Crippen LogP contribution in [0.3, 0.4) is 0 Å². The maximum atomic E-state index is 4.58. The van der Waals surface area contributed by atoms with Crippen LogP contribution in [-0.4, -0.2) is 4.98 Å². The second-order valence-corrected chi connectivity index (χ2v) is 5.14. The van der Waals surface area contributed by atoms with Crippen molar-refractivity contribution < 1.29 is 0 Å². The third-order valence-corrected chi connectivity index (χ3v) is 3.39. The van der Waals surface area contributed by atoms with Crippen LogP contribution in [0.4, 0.5) is 0 Å². The molecule has 98 valence electrons. The molecule has 2 aromatic carbocycles. The molecule has 0 atom stereocenters. The van der Waals surface area contributed by atoms with Crippen LogP contribution in [0, 0.1) is 13.8 Å². The molecule has 0 N–H and O–H groups in total. The lowest BCUT2D eigenvalue weighted by Crippen LogP contribution is -1.90. The van der Waals surface area contributed by atoms with Gasteiger partial charge in [-0.15, -0.1) is 0 Å². The molecular weight excluding hydrogens is 242 g/mol. The molecular formula is C19H17N. The van der Waals surface area contributed by atoms with E-state index in [0.29, 0.717) is 0 Å².